The smallest absolute Gasteiger partial charge is 0.163 e. The number of carbonyl (C=O) groups is 1. The Hall–Kier alpha value is -3.21. The monoisotopic (exact) mass is 386 g/mol. The second-order valence-corrected chi connectivity index (χ2v) is 7.73. The van der Waals surface area contributed by atoms with Gasteiger partial charge in [-0.15, -0.1) is 0 Å². The van der Waals surface area contributed by atoms with Gasteiger partial charge in [0.2, 0.25) is 0 Å². The van der Waals surface area contributed by atoms with Gasteiger partial charge in [0.05, 0.1) is 0 Å². The standard InChI is InChI=1S/C24H26N4O/c1-17-11-13-28(14-12-17)23-16-22(25-21-10-6-9-20(15-21)18(2)29)26-24(27-23)19-7-4-3-5-8-19/h3-10,15-17H,11-14H2,1-2H3,(H,25,26,27). The number of aromatic nitrogens is 2. The lowest BCUT2D eigenvalue weighted by Gasteiger charge is -2.31. The first-order valence-electron chi connectivity index (χ1n) is 10.2. The molecule has 3 aromatic rings. The third-order valence-electron chi connectivity index (χ3n) is 5.39. The molecular formula is C24H26N4O. The molecule has 0 saturated carbocycles. The Balaban J connectivity index is 1.69. The average molecular weight is 386 g/mol. The summed E-state index contributed by atoms with van der Waals surface area (Å²) in [5, 5.41) is 3.37. The summed E-state index contributed by atoms with van der Waals surface area (Å²) < 4.78 is 0. The number of rotatable bonds is 5. The second-order valence-electron chi connectivity index (χ2n) is 7.73. The molecule has 0 atom stereocenters. The van der Waals surface area contributed by atoms with Crippen LogP contribution in [0.25, 0.3) is 11.4 Å². The molecule has 4 rings (SSSR count). The minimum absolute atomic E-state index is 0.0458. The Labute approximate surface area is 171 Å². The van der Waals surface area contributed by atoms with Crippen molar-refractivity contribution in [2.24, 2.45) is 5.92 Å². The molecule has 1 saturated heterocycles. The number of ketones is 1. The maximum Gasteiger partial charge on any atom is 0.163 e. The summed E-state index contributed by atoms with van der Waals surface area (Å²) in [7, 11) is 0. The van der Waals surface area contributed by atoms with Gasteiger partial charge in [-0.1, -0.05) is 49.4 Å². The lowest BCUT2D eigenvalue weighted by Crippen LogP contribution is -2.33. The van der Waals surface area contributed by atoms with Gasteiger partial charge < -0.3 is 10.2 Å². The van der Waals surface area contributed by atoms with E-state index < -0.39 is 0 Å². The number of Topliss-reactive ketones (excluding diaryl/α,β-unsaturated/α-hetero) is 1. The Morgan fingerprint density at radius 1 is 1.00 bits per heavy atom. The molecule has 29 heavy (non-hydrogen) atoms. The Morgan fingerprint density at radius 2 is 1.76 bits per heavy atom. The normalized spacial score (nSPS) is 14.6. The highest BCUT2D eigenvalue weighted by Crippen LogP contribution is 2.27. The van der Waals surface area contributed by atoms with Crippen LogP contribution in [0.3, 0.4) is 0 Å². The van der Waals surface area contributed by atoms with E-state index in [1.165, 1.54) is 12.8 Å². The van der Waals surface area contributed by atoms with Crippen molar-refractivity contribution in [1.29, 1.82) is 0 Å². The summed E-state index contributed by atoms with van der Waals surface area (Å²) in [5.74, 6) is 3.18. The third-order valence-corrected chi connectivity index (χ3v) is 5.39. The fraction of sp³-hybridized carbons (Fsp3) is 0.292. The predicted octanol–water partition coefficient (Wildman–Crippen LogP) is 5.33. The molecule has 5 heteroatoms. The Morgan fingerprint density at radius 3 is 2.48 bits per heavy atom. The molecule has 2 aromatic carbocycles. The molecule has 5 nitrogen and oxygen atoms in total. The molecule has 0 bridgehead atoms. The van der Waals surface area contributed by atoms with Crippen LogP contribution in [0.4, 0.5) is 17.3 Å². The minimum Gasteiger partial charge on any atom is -0.356 e. The van der Waals surface area contributed by atoms with Crippen molar-refractivity contribution in [3.8, 4) is 11.4 Å². The van der Waals surface area contributed by atoms with E-state index in [1.54, 1.807) is 6.92 Å². The van der Waals surface area contributed by atoms with E-state index >= 15 is 0 Å². The van der Waals surface area contributed by atoms with Crippen molar-refractivity contribution >= 4 is 23.1 Å². The summed E-state index contributed by atoms with van der Waals surface area (Å²) in [6.07, 6.45) is 2.35. The van der Waals surface area contributed by atoms with Crippen molar-refractivity contribution in [1.82, 2.24) is 9.97 Å². The van der Waals surface area contributed by atoms with Gasteiger partial charge >= 0.3 is 0 Å². The zero-order valence-corrected chi connectivity index (χ0v) is 16.9. The summed E-state index contributed by atoms with van der Waals surface area (Å²) in [6.45, 7) is 5.89. The first-order chi connectivity index (χ1) is 14.1. The lowest BCUT2D eigenvalue weighted by molar-refractivity contribution is 0.101. The molecule has 1 N–H and O–H groups in total. The molecule has 1 aromatic heterocycles. The largest absolute Gasteiger partial charge is 0.356 e. The van der Waals surface area contributed by atoms with Crippen molar-refractivity contribution in [3.63, 3.8) is 0 Å². The molecule has 0 radical (unpaired) electrons. The topological polar surface area (TPSA) is 58.1 Å². The third kappa shape index (κ3) is 4.62. The van der Waals surface area contributed by atoms with Gasteiger partial charge in [0.25, 0.3) is 0 Å². The van der Waals surface area contributed by atoms with E-state index in [-0.39, 0.29) is 5.78 Å². The number of anilines is 3. The number of carbonyl (C=O) groups excluding carboxylic acids is 1. The number of hydrogen-bond donors (Lipinski definition) is 1. The van der Waals surface area contributed by atoms with Crippen LogP contribution in [-0.4, -0.2) is 28.8 Å². The molecule has 1 aliphatic heterocycles. The fourth-order valence-corrected chi connectivity index (χ4v) is 3.58. The van der Waals surface area contributed by atoms with Crippen LogP contribution in [-0.2, 0) is 0 Å². The van der Waals surface area contributed by atoms with E-state index in [2.05, 4.69) is 17.1 Å². The molecule has 0 aliphatic carbocycles. The zero-order chi connectivity index (χ0) is 20.2. The molecule has 0 unspecified atom stereocenters. The number of hydrogen-bond acceptors (Lipinski definition) is 5. The van der Waals surface area contributed by atoms with Gasteiger partial charge in [-0.25, -0.2) is 9.97 Å². The number of benzene rings is 2. The van der Waals surface area contributed by atoms with E-state index in [1.807, 2.05) is 60.7 Å². The van der Waals surface area contributed by atoms with Gasteiger partial charge in [0.15, 0.2) is 11.6 Å². The highest BCUT2D eigenvalue weighted by molar-refractivity contribution is 5.95. The molecule has 0 amide bonds. The van der Waals surface area contributed by atoms with Gasteiger partial charge in [-0.3, -0.25) is 4.79 Å². The molecule has 1 aliphatic rings. The highest BCUT2D eigenvalue weighted by Gasteiger charge is 2.19. The van der Waals surface area contributed by atoms with E-state index in [9.17, 15) is 4.79 Å². The summed E-state index contributed by atoms with van der Waals surface area (Å²) in [5.41, 5.74) is 2.51. The van der Waals surface area contributed by atoms with Gasteiger partial charge in [-0.05, 0) is 37.8 Å². The van der Waals surface area contributed by atoms with Crippen LogP contribution in [0.2, 0.25) is 0 Å². The van der Waals surface area contributed by atoms with Crippen LogP contribution in [0.15, 0.2) is 60.7 Å². The van der Waals surface area contributed by atoms with Crippen molar-refractivity contribution in [2.75, 3.05) is 23.3 Å². The van der Waals surface area contributed by atoms with Crippen LogP contribution in [0.1, 0.15) is 37.0 Å². The quantitative estimate of drug-likeness (QED) is 0.601. The van der Waals surface area contributed by atoms with Crippen LogP contribution in [0, 0.1) is 5.92 Å². The molecule has 2 heterocycles. The predicted molar refractivity (Wildman–Crippen MR) is 118 cm³/mol. The van der Waals surface area contributed by atoms with Crippen LogP contribution < -0.4 is 10.2 Å². The first-order valence-corrected chi connectivity index (χ1v) is 10.2. The molecule has 148 valence electrons. The van der Waals surface area contributed by atoms with E-state index in [0.717, 1.165) is 41.9 Å². The molecular weight excluding hydrogens is 360 g/mol. The fourth-order valence-electron chi connectivity index (χ4n) is 3.58. The average Bonchev–Trinajstić information content (AvgIpc) is 2.75. The van der Waals surface area contributed by atoms with Gasteiger partial charge in [-0.2, -0.15) is 0 Å². The minimum atomic E-state index is 0.0458. The summed E-state index contributed by atoms with van der Waals surface area (Å²) >= 11 is 0. The summed E-state index contributed by atoms with van der Waals surface area (Å²) in [4.78, 5) is 23.7. The van der Waals surface area contributed by atoms with Crippen molar-refractivity contribution in [2.45, 2.75) is 26.7 Å². The second kappa shape index (κ2) is 8.43. The number of piperidine rings is 1. The summed E-state index contributed by atoms with van der Waals surface area (Å²) in [6, 6.07) is 19.5. The Kier molecular flexibility index (Phi) is 5.56. The van der Waals surface area contributed by atoms with Crippen molar-refractivity contribution in [3.05, 3.63) is 66.2 Å². The van der Waals surface area contributed by atoms with Crippen molar-refractivity contribution < 1.29 is 4.79 Å². The van der Waals surface area contributed by atoms with Crippen LogP contribution >= 0.6 is 0 Å². The zero-order valence-electron chi connectivity index (χ0n) is 16.9. The van der Waals surface area contributed by atoms with Gasteiger partial charge in [0, 0.05) is 36.0 Å². The Bertz CT molecular complexity index is 995. The van der Waals surface area contributed by atoms with E-state index in [4.69, 9.17) is 9.97 Å². The number of nitrogens with zero attached hydrogens (tertiary/aromatic N) is 3. The maximum absolute atomic E-state index is 11.7. The number of nitrogens with one attached hydrogen (secondary N) is 1. The maximum atomic E-state index is 11.7. The van der Waals surface area contributed by atoms with E-state index in [0.29, 0.717) is 11.4 Å². The lowest BCUT2D eigenvalue weighted by atomic mass is 9.99. The SMILES string of the molecule is CC(=O)c1cccc(Nc2cc(N3CCC(C)CC3)nc(-c3ccccc3)n2)c1. The highest BCUT2D eigenvalue weighted by atomic mass is 16.1. The molecule has 0 spiro atoms. The molecule has 1 fully saturated rings. The van der Waals surface area contributed by atoms with Crippen LogP contribution in [0.5, 0.6) is 0 Å². The first kappa shape index (κ1) is 19.1. The van der Waals surface area contributed by atoms with Gasteiger partial charge in [0.1, 0.15) is 11.6 Å².